The Labute approximate surface area is 107 Å². The summed E-state index contributed by atoms with van der Waals surface area (Å²) in [5.41, 5.74) is 0.723. The van der Waals surface area contributed by atoms with Crippen molar-refractivity contribution in [3.8, 4) is 0 Å². The summed E-state index contributed by atoms with van der Waals surface area (Å²) >= 11 is 7.00. The Hall–Kier alpha value is -1.39. The lowest BCUT2D eigenvalue weighted by Gasteiger charge is -2.03. The molecule has 0 atom stereocenters. The number of halogens is 2. The third-order valence-electron chi connectivity index (χ3n) is 2.13. The number of rotatable bonds is 3. The summed E-state index contributed by atoms with van der Waals surface area (Å²) in [4.78, 5) is 12.2. The Morgan fingerprint density at radius 2 is 2.24 bits per heavy atom. The maximum Gasteiger partial charge on any atom is 0.261 e. The molecule has 17 heavy (non-hydrogen) atoms. The highest BCUT2D eigenvalue weighted by molar-refractivity contribution is 7.12. The molecule has 0 fully saturated rings. The Bertz CT molecular complexity index is 541. The van der Waals surface area contributed by atoms with Crippen molar-refractivity contribution in [2.24, 2.45) is 0 Å². The average molecular weight is 270 g/mol. The summed E-state index contributed by atoms with van der Waals surface area (Å²) in [6, 6.07) is 7.72. The van der Waals surface area contributed by atoms with Crippen molar-refractivity contribution in [2.75, 3.05) is 0 Å². The molecule has 2 rings (SSSR count). The van der Waals surface area contributed by atoms with Gasteiger partial charge in [-0.2, -0.15) is 0 Å². The maximum atomic E-state index is 12.9. The first kappa shape index (κ1) is 12.1. The summed E-state index contributed by atoms with van der Waals surface area (Å²) in [6.07, 6.45) is 0. The predicted octanol–water partition coefficient (Wildman–Crippen LogP) is 3.47. The standard InChI is InChI=1S/C12H9ClFNOS/c13-9-5-11(17-7-9)12(16)15-6-8-2-1-3-10(14)4-8/h1-5,7H,6H2,(H,15,16). The zero-order valence-corrected chi connectivity index (χ0v) is 10.3. The minimum Gasteiger partial charge on any atom is -0.347 e. The van der Waals surface area contributed by atoms with Gasteiger partial charge < -0.3 is 5.32 Å². The molecule has 1 N–H and O–H groups in total. The van der Waals surface area contributed by atoms with E-state index in [-0.39, 0.29) is 11.7 Å². The Balaban J connectivity index is 1.97. The molecule has 0 saturated heterocycles. The van der Waals surface area contributed by atoms with Crippen LogP contribution in [-0.4, -0.2) is 5.91 Å². The molecule has 0 aliphatic rings. The number of benzene rings is 1. The normalized spacial score (nSPS) is 10.2. The number of thiophene rings is 1. The summed E-state index contributed by atoms with van der Waals surface area (Å²) in [7, 11) is 0. The lowest BCUT2D eigenvalue weighted by molar-refractivity contribution is 0.0955. The van der Waals surface area contributed by atoms with Gasteiger partial charge in [-0.15, -0.1) is 11.3 Å². The van der Waals surface area contributed by atoms with Crippen molar-refractivity contribution in [2.45, 2.75) is 6.54 Å². The number of carbonyl (C=O) groups excluding carboxylic acids is 1. The van der Waals surface area contributed by atoms with Crippen LogP contribution in [0, 0.1) is 5.82 Å². The van der Waals surface area contributed by atoms with Gasteiger partial charge in [-0.25, -0.2) is 4.39 Å². The van der Waals surface area contributed by atoms with Crippen LogP contribution >= 0.6 is 22.9 Å². The highest BCUT2D eigenvalue weighted by Gasteiger charge is 2.07. The molecule has 0 spiro atoms. The Morgan fingerprint density at radius 1 is 1.41 bits per heavy atom. The van der Waals surface area contributed by atoms with Crippen LogP contribution in [0.15, 0.2) is 35.7 Å². The summed E-state index contributed by atoms with van der Waals surface area (Å²) < 4.78 is 12.9. The van der Waals surface area contributed by atoms with Gasteiger partial charge in [0.05, 0.1) is 9.90 Å². The van der Waals surface area contributed by atoms with Crippen LogP contribution in [0.2, 0.25) is 5.02 Å². The molecule has 5 heteroatoms. The van der Waals surface area contributed by atoms with Gasteiger partial charge in [0.1, 0.15) is 5.82 Å². The maximum absolute atomic E-state index is 12.9. The molecule has 1 aromatic heterocycles. The third-order valence-corrected chi connectivity index (χ3v) is 3.41. The number of nitrogens with one attached hydrogen (secondary N) is 1. The molecule has 0 aliphatic heterocycles. The average Bonchev–Trinajstić information content (AvgIpc) is 2.73. The van der Waals surface area contributed by atoms with E-state index in [1.54, 1.807) is 23.6 Å². The van der Waals surface area contributed by atoms with Crippen LogP contribution in [0.5, 0.6) is 0 Å². The molecular weight excluding hydrogens is 261 g/mol. The van der Waals surface area contributed by atoms with Crippen LogP contribution in [0.3, 0.4) is 0 Å². The topological polar surface area (TPSA) is 29.1 Å². The quantitative estimate of drug-likeness (QED) is 0.908. The van der Waals surface area contributed by atoms with Crippen molar-refractivity contribution in [3.63, 3.8) is 0 Å². The molecule has 88 valence electrons. The first-order valence-electron chi connectivity index (χ1n) is 4.92. The molecule has 0 saturated carbocycles. The fraction of sp³-hybridized carbons (Fsp3) is 0.0833. The van der Waals surface area contributed by atoms with Gasteiger partial charge in [0.2, 0.25) is 0 Å². The second-order valence-electron chi connectivity index (χ2n) is 3.44. The highest BCUT2D eigenvalue weighted by atomic mass is 35.5. The van der Waals surface area contributed by atoms with Gasteiger partial charge in [0, 0.05) is 11.9 Å². The van der Waals surface area contributed by atoms with Gasteiger partial charge in [0.25, 0.3) is 5.91 Å². The number of hydrogen-bond donors (Lipinski definition) is 1. The molecule has 1 amide bonds. The SMILES string of the molecule is O=C(NCc1cccc(F)c1)c1cc(Cl)cs1. The van der Waals surface area contributed by atoms with Crippen LogP contribution < -0.4 is 5.32 Å². The summed E-state index contributed by atoms with van der Waals surface area (Å²) in [5, 5.41) is 4.94. The molecule has 0 radical (unpaired) electrons. The van der Waals surface area contributed by atoms with Crippen LogP contribution in [0.1, 0.15) is 15.2 Å². The number of carbonyl (C=O) groups is 1. The molecule has 0 unspecified atom stereocenters. The molecule has 1 heterocycles. The van der Waals surface area contributed by atoms with Crippen molar-refractivity contribution >= 4 is 28.8 Å². The zero-order chi connectivity index (χ0) is 12.3. The first-order chi connectivity index (χ1) is 8.15. The molecule has 2 aromatic rings. The van der Waals surface area contributed by atoms with E-state index in [1.165, 1.54) is 23.5 Å². The lowest BCUT2D eigenvalue weighted by atomic mass is 10.2. The van der Waals surface area contributed by atoms with Crippen LogP contribution in [0.4, 0.5) is 4.39 Å². The van der Waals surface area contributed by atoms with E-state index in [4.69, 9.17) is 11.6 Å². The van der Waals surface area contributed by atoms with E-state index in [1.807, 2.05) is 0 Å². The second kappa shape index (κ2) is 5.29. The first-order valence-corrected chi connectivity index (χ1v) is 6.17. The van der Waals surface area contributed by atoms with E-state index < -0.39 is 0 Å². The smallest absolute Gasteiger partial charge is 0.261 e. The predicted molar refractivity (Wildman–Crippen MR) is 66.9 cm³/mol. The molecule has 0 bridgehead atoms. The van der Waals surface area contributed by atoms with Crippen LogP contribution in [-0.2, 0) is 6.54 Å². The van der Waals surface area contributed by atoms with Crippen molar-refractivity contribution in [3.05, 3.63) is 57.0 Å². The fourth-order valence-electron chi connectivity index (χ4n) is 1.35. The van der Waals surface area contributed by atoms with Gasteiger partial charge in [-0.1, -0.05) is 23.7 Å². The Kier molecular flexibility index (Phi) is 3.76. The number of amides is 1. The molecule has 2 nitrogen and oxygen atoms in total. The van der Waals surface area contributed by atoms with E-state index in [0.717, 1.165) is 5.56 Å². The third kappa shape index (κ3) is 3.28. The monoisotopic (exact) mass is 269 g/mol. The largest absolute Gasteiger partial charge is 0.347 e. The van der Waals surface area contributed by atoms with E-state index >= 15 is 0 Å². The van der Waals surface area contributed by atoms with E-state index in [2.05, 4.69) is 5.32 Å². The van der Waals surface area contributed by atoms with Gasteiger partial charge in [0.15, 0.2) is 0 Å². The van der Waals surface area contributed by atoms with Gasteiger partial charge in [-0.3, -0.25) is 4.79 Å². The van der Waals surface area contributed by atoms with Gasteiger partial charge >= 0.3 is 0 Å². The van der Waals surface area contributed by atoms with Crippen LogP contribution in [0.25, 0.3) is 0 Å². The number of hydrogen-bond acceptors (Lipinski definition) is 2. The minimum absolute atomic E-state index is 0.203. The Morgan fingerprint density at radius 3 is 2.88 bits per heavy atom. The minimum atomic E-state index is -0.309. The highest BCUT2D eigenvalue weighted by Crippen LogP contribution is 2.18. The fourth-order valence-corrected chi connectivity index (χ4v) is 2.34. The second-order valence-corrected chi connectivity index (χ2v) is 4.79. The summed E-state index contributed by atoms with van der Waals surface area (Å²) in [5.74, 6) is -0.512. The molecule has 0 aliphatic carbocycles. The molecular formula is C12H9ClFNOS. The van der Waals surface area contributed by atoms with Crippen molar-refractivity contribution in [1.82, 2.24) is 5.32 Å². The zero-order valence-electron chi connectivity index (χ0n) is 8.74. The van der Waals surface area contributed by atoms with E-state index in [0.29, 0.717) is 16.4 Å². The van der Waals surface area contributed by atoms with Crippen molar-refractivity contribution in [1.29, 1.82) is 0 Å². The molecule has 1 aromatic carbocycles. The summed E-state index contributed by atoms with van der Waals surface area (Å²) in [6.45, 7) is 0.298. The van der Waals surface area contributed by atoms with Crippen molar-refractivity contribution < 1.29 is 9.18 Å². The lowest BCUT2D eigenvalue weighted by Crippen LogP contribution is -2.21. The van der Waals surface area contributed by atoms with E-state index in [9.17, 15) is 9.18 Å². The van der Waals surface area contributed by atoms with Gasteiger partial charge in [-0.05, 0) is 23.8 Å².